The monoisotopic (exact) mass is 376 g/mol. The minimum Gasteiger partial charge on any atom is -0.305 e. The number of rotatable bonds is 3. The van der Waals surface area contributed by atoms with Gasteiger partial charge in [0.1, 0.15) is 0 Å². The van der Waals surface area contributed by atoms with Gasteiger partial charge in [0.15, 0.2) is 0 Å². The van der Waals surface area contributed by atoms with Crippen molar-refractivity contribution in [3.05, 3.63) is 95.3 Å². The van der Waals surface area contributed by atoms with E-state index < -0.39 is 0 Å². The summed E-state index contributed by atoms with van der Waals surface area (Å²) in [5.74, 6) is -0.00739. The van der Waals surface area contributed by atoms with Crippen LogP contribution in [0.3, 0.4) is 0 Å². The molecule has 0 aliphatic carbocycles. The van der Waals surface area contributed by atoms with Crippen molar-refractivity contribution in [2.75, 3.05) is 11.9 Å². The van der Waals surface area contributed by atoms with E-state index in [1.165, 1.54) is 5.01 Å². The average Bonchev–Trinajstić information content (AvgIpc) is 3.16. The quantitative estimate of drug-likeness (QED) is 0.715. The molecule has 1 aliphatic rings. The summed E-state index contributed by atoms with van der Waals surface area (Å²) < 4.78 is 0. The van der Waals surface area contributed by atoms with E-state index in [-0.39, 0.29) is 11.9 Å². The topological polar surface area (TPSA) is 57.6 Å². The molecule has 0 saturated heterocycles. The predicted octanol–water partition coefficient (Wildman–Crippen LogP) is 4.77. The third kappa shape index (κ3) is 3.83. The van der Waals surface area contributed by atoms with E-state index in [1.807, 2.05) is 42.5 Å². The van der Waals surface area contributed by atoms with Crippen molar-refractivity contribution < 1.29 is 4.79 Å². The third-order valence-electron chi connectivity index (χ3n) is 4.40. The van der Waals surface area contributed by atoms with Crippen LogP contribution in [-0.4, -0.2) is 28.3 Å². The van der Waals surface area contributed by atoms with Crippen LogP contribution in [0.25, 0.3) is 0 Å². The van der Waals surface area contributed by atoms with Gasteiger partial charge in [-0.1, -0.05) is 54.1 Å². The number of hydrazone groups is 1. The molecular weight excluding hydrogens is 360 g/mol. The molecule has 0 saturated carbocycles. The van der Waals surface area contributed by atoms with Crippen molar-refractivity contribution in [2.24, 2.45) is 5.10 Å². The van der Waals surface area contributed by atoms with Gasteiger partial charge in [-0.15, -0.1) is 0 Å². The highest BCUT2D eigenvalue weighted by molar-refractivity contribution is 6.30. The molecule has 27 heavy (non-hydrogen) atoms. The molecule has 1 unspecified atom stereocenters. The zero-order valence-electron chi connectivity index (χ0n) is 14.4. The Balaban J connectivity index is 1.64. The third-order valence-corrected chi connectivity index (χ3v) is 4.66. The van der Waals surface area contributed by atoms with Crippen LogP contribution in [0.5, 0.6) is 0 Å². The zero-order chi connectivity index (χ0) is 18.6. The number of carbonyl (C=O) groups excluding carboxylic acids is 1. The first-order valence-corrected chi connectivity index (χ1v) is 8.96. The zero-order valence-corrected chi connectivity index (χ0v) is 15.2. The molecule has 6 heteroatoms. The van der Waals surface area contributed by atoms with E-state index in [9.17, 15) is 4.79 Å². The number of hydrogen-bond donors (Lipinski definition) is 1. The van der Waals surface area contributed by atoms with Gasteiger partial charge >= 0.3 is 6.03 Å². The summed E-state index contributed by atoms with van der Waals surface area (Å²) in [5.41, 5.74) is 3.54. The maximum Gasteiger partial charge on any atom is 0.342 e. The molecule has 0 bridgehead atoms. The first-order chi connectivity index (χ1) is 13.2. The van der Waals surface area contributed by atoms with E-state index in [0.29, 0.717) is 17.3 Å². The summed E-state index contributed by atoms with van der Waals surface area (Å²) in [6, 6.07) is 20.9. The number of urea groups is 1. The van der Waals surface area contributed by atoms with Gasteiger partial charge in [0.25, 0.3) is 0 Å². The molecule has 4 rings (SSSR count). The Labute approximate surface area is 162 Å². The lowest BCUT2D eigenvalue weighted by Gasteiger charge is -2.15. The van der Waals surface area contributed by atoms with Crippen LogP contribution in [0, 0.1) is 0 Å². The molecule has 2 aromatic carbocycles. The second-order valence-corrected chi connectivity index (χ2v) is 6.65. The van der Waals surface area contributed by atoms with Crippen LogP contribution >= 0.6 is 11.6 Å². The fourth-order valence-electron chi connectivity index (χ4n) is 3.08. The lowest BCUT2D eigenvalue weighted by Crippen LogP contribution is -2.30. The normalized spacial score (nSPS) is 16.1. The van der Waals surface area contributed by atoms with E-state index in [2.05, 4.69) is 27.5 Å². The van der Waals surface area contributed by atoms with Crippen LogP contribution in [-0.2, 0) is 0 Å². The lowest BCUT2D eigenvalue weighted by molar-refractivity contribution is 0.218. The van der Waals surface area contributed by atoms with Gasteiger partial charge in [0.05, 0.1) is 24.1 Å². The van der Waals surface area contributed by atoms with E-state index >= 15 is 0 Å². The number of aromatic nitrogens is 1. The number of hydrogen-bond acceptors (Lipinski definition) is 3. The number of carbonyl (C=O) groups is 1. The van der Waals surface area contributed by atoms with Crippen LogP contribution in [0.1, 0.15) is 17.0 Å². The van der Waals surface area contributed by atoms with Crippen LogP contribution in [0.15, 0.2) is 84.2 Å². The summed E-state index contributed by atoms with van der Waals surface area (Å²) >= 11 is 6.02. The molecule has 0 radical (unpaired) electrons. The Morgan fingerprint density at radius 2 is 1.81 bits per heavy atom. The summed E-state index contributed by atoms with van der Waals surface area (Å²) in [4.78, 5) is 16.7. The fourth-order valence-corrected chi connectivity index (χ4v) is 3.21. The largest absolute Gasteiger partial charge is 0.342 e. The molecule has 5 nitrogen and oxygen atoms in total. The van der Waals surface area contributed by atoms with Crippen molar-refractivity contribution in [3.63, 3.8) is 0 Å². The molecular formula is C21H17ClN4O. The number of benzene rings is 2. The van der Waals surface area contributed by atoms with Crippen molar-refractivity contribution in [3.8, 4) is 0 Å². The molecule has 134 valence electrons. The minimum absolute atomic E-state index is 0.00739. The second kappa shape index (κ2) is 7.60. The highest BCUT2D eigenvalue weighted by atomic mass is 35.5. The summed E-state index contributed by atoms with van der Waals surface area (Å²) in [6.07, 6.45) is 3.26. The number of halogens is 1. The first-order valence-electron chi connectivity index (χ1n) is 8.58. The molecule has 1 aliphatic heterocycles. The molecule has 2 amide bonds. The molecule has 1 N–H and O–H groups in total. The van der Waals surface area contributed by atoms with Gasteiger partial charge in [0, 0.05) is 17.1 Å². The number of pyridine rings is 1. The van der Waals surface area contributed by atoms with Gasteiger partial charge < -0.3 is 5.32 Å². The Bertz CT molecular complexity index is 958. The summed E-state index contributed by atoms with van der Waals surface area (Å²) in [5, 5.41) is 9.58. The van der Waals surface area contributed by atoms with Crippen LogP contribution < -0.4 is 5.32 Å². The molecule has 1 atom stereocenters. The fraction of sp³-hybridized carbons (Fsp3) is 0.0952. The maximum atomic E-state index is 12.7. The summed E-state index contributed by atoms with van der Waals surface area (Å²) in [7, 11) is 0. The van der Waals surface area contributed by atoms with Crippen molar-refractivity contribution in [1.82, 2.24) is 9.99 Å². The van der Waals surface area contributed by atoms with E-state index in [1.54, 1.807) is 24.5 Å². The molecule has 0 fully saturated rings. The first kappa shape index (κ1) is 17.2. The smallest absolute Gasteiger partial charge is 0.305 e. The molecule has 1 aromatic heterocycles. The van der Waals surface area contributed by atoms with Gasteiger partial charge in [-0.25, -0.2) is 9.80 Å². The molecule has 0 spiro atoms. The van der Waals surface area contributed by atoms with Crippen molar-refractivity contribution >= 4 is 29.0 Å². The lowest BCUT2D eigenvalue weighted by atomic mass is 9.91. The number of nitrogens with zero attached hydrogens (tertiary/aromatic N) is 3. The van der Waals surface area contributed by atoms with Gasteiger partial charge in [-0.3, -0.25) is 4.98 Å². The number of nitrogens with one attached hydrogen (secondary N) is 1. The highest BCUT2D eigenvalue weighted by Crippen LogP contribution is 2.29. The van der Waals surface area contributed by atoms with Gasteiger partial charge in [-0.05, 0) is 35.4 Å². The Morgan fingerprint density at radius 3 is 2.52 bits per heavy atom. The van der Waals surface area contributed by atoms with Crippen LogP contribution in [0.4, 0.5) is 10.5 Å². The predicted molar refractivity (Wildman–Crippen MR) is 107 cm³/mol. The van der Waals surface area contributed by atoms with Crippen LogP contribution in [0.2, 0.25) is 5.02 Å². The van der Waals surface area contributed by atoms with E-state index in [0.717, 1.165) is 16.8 Å². The van der Waals surface area contributed by atoms with Crippen molar-refractivity contribution in [1.29, 1.82) is 0 Å². The van der Waals surface area contributed by atoms with E-state index in [4.69, 9.17) is 11.6 Å². The van der Waals surface area contributed by atoms with Gasteiger partial charge in [0.2, 0.25) is 0 Å². The second-order valence-electron chi connectivity index (χ2n) is 6.21. The number of amides is 2. The molecule has 2 heterocycles. The average molecular weight is 377 g/mol. The highest BCUT2D eigenvalue weighted by Gasteiger charge is 2.32. The number of anilines is 1. The maximum absolute atomic E-state index is 12.7. The standard InChI is InChI=1S/C21H17ClN4O/c22-17-10-8-16(9-11-17)20-19(15-5-2-1-3-6-15)14-26(25-20)21(27)24-18-7-4-12-23-13-18/h1-13,19H,14H2,(H,24,27). The Kier molecular flexibility index (Phi) is 4.85. The Morgan fingerprint density at radius 1 is 1.04 bits per heavy atom. The molecule has 3 aromatic rings. The van der Waals surface area contributed by atoms with Gasteiger partial charge in [-0.2, -0.15) is 5.10 Å². The minimum atomic E-state index is -0.284. The Hall–Kier alpha value is -3.18. The SMILES string of the molecule is O=C(Nc1cccnc1)N1CC(c2ccccc2)C(c2ccc(Cl)cc2)=N1. The van der Waals surface area contributed by atoms with Crippen molar-refractivity contribution in [2.45, 2.75) is 5.92 Å². The summed E-state index contributed by atoms with van der Waals surface area (Å²) in [6.45, 7) is 0.466.